The molecule has 2 unspecified atom stereocenters. The van der Waals surface area contributed by atoms with Gasteiger partial charge in [0.1, 0.15) is 5.25 Å². The lowest BCUT2D eigenvalue weighted by Gasteiger charge is -2.17. The van der Waals surface area contributed by atoms with Crippen molar-refractivity contribution in [1.29, 1.82) is 0 Å². The van der Waals surface area contributed by atoms with Gasteiger partial charge in [0.05, 0.1) is 18.8 Å². The molecule has 0 aliphatic rings. The summed E-state index contributed by atoms with van der Waals surface area (Å²) in [4.78, 5) is 33.9. The topological polar surface area (TPSA) is 119 Å². The van der Waals surface area contributed by atoms with E-state index in [4.69, 9.17) is 0 Å². The van der Waals surface area contributed by atoms with Crippen LogP contribution in [-0.2, 0) is 24.2 Å². The average Bonchev–Trinajstić information content (AvgIpc) is 2.37. The summed E-state index contributed by atoms with van der Waals surface area (Å²) >= 11 is 0. The number of imide groups is 1. The van der Waals surface area contributed by atoms with Gasteiger partial charge in [0.2, 0.25) is 5.91 Å². The van der Waals surface area contributed by atoms with Gasteiger partial charge in [-0.25, -0.2) is 13.2 Å². The molecule has 0 aliphatic carbocycles. The number of urea groups is 1. The van der Waals surface area contributed by atoms with Gasteiger partial charge < -0.3 is 10.1 Å². The van der Waals surface area contributed by atoms with E-state index in [9.17, 15) is 22.8 Å². The van der Waals surface area contributed by atoms with Crippen LogP contribution < -0.4 is 10.6 Å². The van der Waals surface area contributed by atoms with E-state index in [-0.39, 0.29) is 6.42 Å². The molecule has 0 bridgehead atoms. The van der Waals surface area contributed by atoms with E-state index >= 15 is 0 Å². The fraction of sp³-hybridized carbons (Fsp3) is 0.727. The summed E-state index contributed by atoms with van der Waals surface area (Å²) in [6, 6.07) is -0.764. The van der Waals surface area contributed by atoms with Crippen molar-refractivity contribution >= 4 is 27.7 Å². The third kappa shape index (κ3) is 5.16. The van der Waals surface area contributed by atoms with Crippen molar-refractivity contribution in [2.24, 2.45) is 0 Å². The van der Waals surface area contributed by atoms with Crippen LogP contribution in [0.5, 0.6) is 0 Å². The molecule has 116 valence electrons. The Labute approximate surface area is 118 Å². The molecule has 2 atom stereocenters. The molecule has 0 aromatic heterocycles. The standard InChI is InChI=1S/C11H20N2O6S/c1-5-12-11(16)13-10(15)8(3)20(17,18)7(2)6-9(14)19-4/h7-8H,5-6H2,1-4H3,(H2,12,13,15,16). The molecule has 9 heteroatoms. The minimum Gasteiger partial charge on any atom is -0.469 e. The van der Waals surface area contributed by atoms with E-state index < -0.39 is 38.2 Å². The highest BCUT2D eigenvalue weighted by molar-refractivity contribution is 7.93. The summed E-state index contributed by atoms with van der Waals surface area (Å²) in [6.45, 7) is 4.43. The van der Waals surface area contributed by atoms with Crippen molar-refractivity contribution in [2.45, 2.75) is 37.7 Å². The summed E-state index contributed by atoms with van der Waals surface area (Å²) in [5.74, 6) is -1.62. The number of ether oxygens (including phenoxy) is 1. The van der Waals surface area contributed by atoms with Crippen LogP contribution in [0.4, 0.5) is 4.79 Å². The first-order valence-corrected chi connectivity index (χ1v) is 7.65. The minimum atomic E-state index is -3.90. The number of hydrogen-bond donors (Lipinski definition) is 2. The first-order valence-electron chi connectivity index (χ1n) is 6.05. The zero-order valence-corrected chi connectivity index (χ0v) is 12.7. The van der Waals surface area contributed by atoms with Crippen molar-refractivity contribution in [3.63, 3.8) is 0 Å². The molecule has 0 spiro atoms. The number of carbonyl (C=O) groups is 3. The lowest BCUT2D eigenvalue weighted by Crippen LogP contribution is -2.47. The second-order valence-electron chi connectivity index (χ2n) is 4.17. The number of hydrogen-bond acceptors (Lipinski definition) is 6. The number of nitrogens with one attached hydrogen (secondary N) is 2. The van der Waals surface area contributed by atoms with Crippen molar-refractivity contribution in [1.82, 2.24) is 10.6 Å². The van der Waals surface area contributed by atoms with Crippen LogP contribution >= 0.6 is 0 Å². The Kier molecular flexibility index (Phi) is 7.19. The maximum absolute atomic E-state index is 12.1. The van der Waals surface area contributed by atoms with E-state index in [2.05, 4.69) is 10.1 Å². The first kappa shape index (κ1) is 18.4. The van der Waals surface area contributed by atoms with Gasteiger partial charge in [0.15, 0.2) is 9.84 Å². The van der Waals surface area contributed by atoms with Gasteiger partial charge in [-0.1, -0.05) is 0 Å². The maximum atomic E-state index is 12.1. The Morgan fingerprint density at radius 2 is 1.75 bits per heavy atom. The van der Waals surface area contributed by atoms with Gasteiger partial charge in [-0.05, 0) is 20.8 Å². The number of amides is 3. The van der Waals surface area contributed by atoms with Gasteiger partial charge >= 0.3 is 12.0 Å². The summed E-state index contributed by atoms with van der Waals surface area (Å²) in [6.07, 6.45) is -0.350. The third-order valence-corrected chi connectivity index (χ3v) is 5.17. The minimum absolute atomic E-state index is 0.305. The molecule has 0 rings (SSSR count). The van der Waals surface area contributed by atoms with Crippen LogP contribution in [0.15, 0.2) is 0 Å². The smallest absolute Gasteiger partial charge is 0.321 e. The molecule has 8 nitrogen and oxygen atoms in total. The Balaban J connectivity index is 4.80. The van der Waals surface area contributed by atoms with E-state index in [1.54, 1.807) is 6.92 Å². The fourth-order valence-electron chi connectivity index (χ4n) is 1.35. The third-order valence-electron chi connectivity index (χ3n) is 2.68. The van der Waals surface area contributed by atoms with Crippen LogP contribution in [0, 0.1) is 0 Å². The van der Waals surface area contributed by atoms with Gasteiger partial charge in [-0.15, -0.1) is 0 Å². The normalized spacial score (nSPS) is 14.0. The molecule has 0 aromatic rings. The molecule has 3 amide bonds. The van der Waals surface area contributed by atoms with Crippen LogP contribution in [0.2, 0.25) is 0 Å². The molecule has 0 radical (unpaired) electrons. The Bertz CT molecular complexity index is 473. The highest BCUT2D eigenvalue weighted by Crippen LogP contribution is 2.13. The zero-order chi connectivity index (χ0) is 15.9. The molecule has 2 N–H and O–H groups in total. The first-order chi connectivity index (χ1) is 9.16. The molecule has 0 aliphatic heterocycles. The molecule has 20 heavy (non-hydrogen) atoms. The van der Waals surface area contributed by atoms with Gasteiger partial charge in [-0.2, -0.15) is 0 Å². The fourth-order valence-corrected chi connectivity index (χ4v) is 2.77. The van der Waals surface area contributed by atoms with Crippen LogP contribution in [0.25, 0.3) is 0 Å². The highest BCUT2D eigenvalue weighted by Gasteiger charge is 2.35. The largest absolute Gasteiger partial charge is 0.469 e. The lowest BCUT2D eigenvalue weighted by atomic mass is 10.3. The molecule has 0 fully saturated rings. The highest BCUT2D eigenvalue weighted by atomic mass is 32.2. The van der Waals surface area contributed by atoms with Crippen LogP contribution in [0.3, 0.4) is 0 Å². The Hall–Kier alpha value is -1.64. The summed E-state index contributed by atoms with van der Waals surface area (Å²) in [5.41, 5.74) is 0. The van der Waals surface area contributed by atoms with Crippen molar-refractivity contribution in [3.8, 4) is 0 Å². The molecule has 0 saturated heterocycles. The Morgan fingerprint density at radius 3 is 2.20 bits per heavy atom. The number of sulfone groups is 1. The molecular formula is C11H20N2O6S. The zero-order valence-electron chi connectivity index (χ0n) is 11.9. The van der Waals surface area contributed by atoms with Crippen molar-refractivity contribution in [2.75, 3.05) is 13.7 Å². The monoisotopic (exact) mass is 308 g/mol. The second-order valence-corrected chi connectivity index (χ2v) is 6.86. The summed E-state index contributed by atoms with van der Waals surface area (Å²) < 4.78 is 28.5. The van der Waals surface area contributed by atoms with Gasteiger partial charge in [-0.3, -0.25) is 14.9 Å². The van der Waals surface area contributed by atoms with E-state index in [0.29, 0.717) is 6.54 Å². The van der Waals surface area contributed by atoms with E-state index in [1.807, 2.05) is 5.32 Å². The number of methoxy groups -OCH3 is 1. The van der Waals surface area contributed by atoms with E-state index in [1.165, 1.54) is 6.92 Å². The lowest BCUT2D eigenvalue weighted by molar-refractivity contribution is -0.140. The predicted octanol–water partition coefficient (Wildman–Crippen LogP) is -0.413. The molecule has 0 heterocycles. The van der Waals surface area contributed by atoms with Crippen molar-refractivity contribution < 1.29 is 27.5 Å². The average molecular weight is 308 g/mol. The summed E-state index contributed by atoms with van der Waals surface area (Å²) in [7, 11) is -2.75. The SMILES string of the molecule is CCNC(=O)NC(=O)C(C)S(=O)(=O)C(C)CC(=O)OC. The number of esters is 1. The Morgan fingerprint density at radius 1 is 1.20 bits per heavy atom. The molecule has 0 aromatic carbocycles. The number of rotatable bonds is 6. The van der Waals surface area contributed by atoms with Gasteiger partial charge in [0, 0.05) is 6.54 Å². The van der Waals surface area contributed by atoms with Crippen LogP contribution in [-0.4, -0.2) is 50.5 Å². The van der Waals surface area contributed by atoms with Crippen LogP contribution in [0.1, 0.15) is 27.2 Å². The molecular weight excluding hydrogens is 288 g/mol. The quantitative estimate of drug-likeness (QED) is 0.644. The molecule has 0 saturated carbocycles. The predicted molar refractivity (Wildman–Crippen MR) is 71.7 cm³/mol. The van der Waals surface area contributed by atoms with Crippen molar-refractivity contribution in [3.05, 3.63) is 0 Å². The van der Waals surface area contributed by atoms with E-state index in [0.717, 1.165) is 14.0 Å². The maximum Gasteiger partial charge on any atom is 0.321 e. The number of carbonyl (C=O) groups excluding carboxylic acids is 3. The summed E-state index contributed by atoms with van der Waals surface area (Å²) in [5, 5.41) is 1.72. The second kappa shape index (κ2) is 7.83. The van der Waals surface area contributed by atoms with Gasteiger partial charge in [0.25, 0.3) is 0 Å².